The fraction of sp³-hybridized carbons (Fsp3) is 0.211. The van der Waals surface area contributed by atoms with Crippen LogP contribution in [0.4, 0.5) is 5.13 Å². The first-order chi connectivity index (χ1) is 12.0. The second-order valence-corrected chi connectivity index (χ2v) is 8.49. The zero-order chi connectivity index (χ0) is 17.8. The maximum absolute atomic E-state index is 12.6. The molecule has 6 heteroatoms. The van der Waals surface area contributed by atoms with Crippen LogP contribution in [0.2, 0.25) is 0 Å². The minimum absolute atomic E-state index is 0.157. The van der Waals surface area contributed by atoms with Gasteiger partial charge in [-0.15, -0.1) is 22.0 Å². The molecule has 0 saturated heterocycles. The van der Waals surface area contributed by atoms with Crippen molar-refractivity contribution in [1.29, 1.82) is 0 Å². The van der Waals surface area contributed by atoms with Gasteiger partial charge in [-0.3, -0.25) is 10.1 Å². The van der Waals surface area contributed by atoms with E-state index in [0.717, 1.165) is 15.5 Å². The zero-order valence-corrected chi connectivity index (χ0v) is 15.9. The lowest BCUT2D eigenvalue weighted by molar-refractivity contribution is 0.102. The van der Waals surface area contributed by atoms with E-state index in [1.54, 1.807) is 11.8 Å². The quantitative estimate of drug-likeness (QED) is 0.623. The maximum atomic E-state index is 12.6. The molecule has 128 valence electrons. The van der Waals surface area contributed by atoms with E-state index >= 15 is 0 Å². The zero-order valence-electron chi connectivity index (χ0n) is 14.3. The molecule has 3 aromatic rings. The number of anilines is 1. The molecule has 1 amide bonds. The number of hydrogen-bond acceptors (Lipinski definition) is 5. The number of benzene rings is 2. The molecule has 0 fully saturated rings. The monoisotopic (exact) mass is 369 g/mol. The molecule has 25 heavy (non-hydrogen) atoms. The number of aromatic nitrogens is 2. The summed E-state index contributed by atoms with van der Waals surface area (Å²) in [5, 5.41) is 12.9. The van der Waals surface area contributed by atoms with Gasteiger partial charge in [-0.2, -0.15) is 0 Å². The molecule has 2 aromatic carbocycles. The Morgan fingerprint density at radius 1 is 1.08 bits per heavy atom. The van der Waals surface area contributed by atoms with Crippen LogP contribution in [0.3, 0.4) is 0 Å². The van der Waals surface area contributed by atoms with Gasteiger partial charge in [0.2, 0.25) is 5.13 Å². The molecular formula is C19H19N3OS2. The van der Waals surface area contributed by atoms with Crippen molar-refractivity contribution >= 4 is 34.1 Å². The first-order valence-corrected chi connectivity index (χ1v) is 9.70. The fourth-order valence-electron chi connectivity index (χ4n) is 2.26. The highest BCUT2D eigenvalue weighted by Gasteiger charge is 2.15. The Morgan fingerprint density at radius 2 is 1.80 bits per heavy atom. The highest BCUT2D eigenvalue weighted by atomic mass is 32.2. The molecule has 0 aliphatic heterocycles. The molecular weight excluding hydrogens is 350 g/mol. The molecule has 0 atom stereocenters. The van der Waals surface area contributed by atoms with E-state index in [1.165, 1.54) is 16.9 Å². The smallest absolute Gasteiger partial charge is 0.258 e. The molecule has 0 radical (unpaired) electrons. The number of amides is 1. The van der Waals surface area contributed by atoms with Crippen molar-refractivity contribution in [3.8, 4) is 10.6 Å². The summed E-state index contributed by atoms with van der Waals surface area (Å²) in [6.07, 6.45) is 0. The van der Waals surface area contributed by atoms with Crippen LogP contribution < -0.4 is 5.32 Å². The van der Waals surface area contributed by atoms with E-state index in [2.05, 4.69) is 29.4 Å². The topological polar surface area (TPSA) is 54.9 Å². The molecule has 0 spiro atoms. The average molecular weight is 370 g/mol. The van der Waals surface area contributed by atoms with Crippen molar-refractivity contribution in [1.82, 2.24) is 10.2 Å². The second kappa shape index (κ2) is 7.80. The van der Waals surface area contributed by atoms with Gasteiger partial charge in [0.05, 0.1) is 5.56 Å². The lowest BCUT2D eigenvalue weighted by Gasteiger charge is -2.10. The number of nitrogens with zero attached hydrogens (tertiary/aromatic N) is 2. The average Bonchev–Trinajstić information content (AvgIpc) is 3.04. The van der Waals surface area contributed by atoms with Crippen LogP contribution in [0.5, 0.6) is 0 Å². The molecule has 3 rings (SSSR count). The van der Waals surface area contributed by atoms with Crippen molar-refractivity contribution in [3.63, 3.8) is 0 Å². The van der Waals surface area contributed by atoms with Crippen molar-refractivity contribution < 1.29 is 4.79 Å². The van der Waals surface area contributed by atoms with Crippen LogP contribution in [0.1, 0.15) is 29.8 Å². The standard InChI is InChI=1S/C19H19N3OS2/c1-12(2)24-16-7-5-4-6-15(16)17(23)20-19-22-21-18(25-19)14-10-8-13(3)9-11-14/h4-12H,1-3H3,(H,20,22,23). The van der Waals surface area contributed by atoms with E-state index in [4.69, 9.17) is 0 Å². The number of carbonyl (C=O) groups is 1. The summed E-state index contributed by atoms with van der Waals surface area (Å²) < 4.78 is 0. The molecule has 0 aliphatic rings. The Kier molecular flexibility index (Phi) is 5.50. The number of rotatable bonds is 5. The number of aryl methyl sites for hydroxylation is 1. The van der Waals surface area contributed by atoms with Crippen molar-refractivity contribution in [2.24, 2.45) is 0 Å². The van der Waals surface area contributed by atoms with Crippen molar-refractivity contribution in [3.05, 3.63) is 59.7 Å². The lowest BCUT2D eigenvalue weighted by Crippen LogP contribution is -2.13. The minimum Gasteiger partial charge on any atom is -0.296 e. The third kappa shape index (κ3) is 4.46. The minimum atomic E-state index is -0.157. The third-order valence-electron chi connectivity index (χ3n) is 3.44. The molecule has 0 saturated carbocycles. The van der Waals surface area contributed by atoms with Crippen LogP contribution in [-0.2, 0) is 0 Å². The Hall–Kier alpha value is -2.18. The summed E-state index contributed by atoms with van der Waals surface area (Å²) in [6, 6.07) is 15.7. The Morgan fingerprint density at radius 3 is 2.52 bits per heavy atom. The fourth-order valence-corrected chi connectivity index (χ4v) is 3.96. The van der Waals surface area contributed by atoms with Crippen molar-refractivity contribution in [2.45, 2.75) is 30.9 Å². The van der Waals surface area contributed by atoms with E-state index in [9.17, 15) is 4.79 Å². The van der Waals surface area contributed by atoms with Gasteiger partial charge in [-0.1, -0.05) is 67.1 Å². The molecule has 4 nitrogen and oxygen atoms in total. The molecule has 0 unspecified atom stereocenters. The highest BCUT2D eigenvalue weighted by molar-refractivity contribution is 8.00. The normalized spacial score (nSPS) is 10.9. The molecule has 1 aromatic heterocycles. The van der Waals surface area contributed by atoms with Gasteiger partial charge < -0.3 is 0 Å². The summed E-state index contributed by atoms with van der Waals surface area (Å²) in [5.41, 5.74) is 2.86. The summed E-state index contributed by atoms with van der Waals surface area (Å²) in [4.78, 5) is 13.6. The van der Waals surface area contributed by atoms with Gasteiger partial charge in [0, 0.05) is 15.7 Å². The molecule has 0 bridgehead atoms. The van der Waals surface area contributed by atoms with Crippen LogP contribution in [0.15, 0.2) is 53.4 Å². The van der Waals surface area contributed by atoms with E-state index in [1.807, 2.05) is 55.5 Å². The molecule has 1 heterocycles. The van der Waals surface area contributed by atoms with Gasteiger partial charge >= 0.3 is 0 Å². The second-order valence-electron chi connectivity index (χ2n) is 5.90. The highest BCUT2D eigenvalue weighted by Crippen LogP contribution is 2.29. The number of thioether (sulfide) groups is 1. The van der Waals surface area contributed by atoms with Gasteiger partial charge in [-0.05, 0) is 19.1 Å². The predicted molar refractivity (Wildman–Crippen MR) is 105 cm³/mol. The Bertz CT molecular complexity index is 872. The maximum Gasteiger partial charge on any atom is 0.258 e. The number of carbonyl (C=O) groups excluding carboxylic acids is 1. The van der Waals surface area contributed by atoms with Crippen LogP contribution in [0.25, 0.3) is 10.6 Å². The first-order valence-electron chi connectivity index (χ1n) is 8.00. The van der Waals surface area contributed by atoms with E-state index < -0.39 is 0 Å². The summed E-state index contributed by atoms with van der Waals surface area (Å²) in [6.45, 7) is 6.26. The van der Waals surface area contributed by atoms with Crippen molar-refractivity contribution in [2.75, 3.05) is 5.32 Å². The Balaban J connectivity index is 1.77. The van der Waals surface area contributed by atoms with Crippen LogP contribution >= 0.6 is 23.1 Å². The first kappa shape index (κ1) is 17.6. The SMILES string of the molecule is Cc1ccc(-c2nnc(NC(=O)c3ccccc3SC(C)C)s2)cc1. The predicted octanol–water partition coefficient (Wildman–Crippen LogP) is 5.27. The van der Waals surface area contributed by atoms with Gasteiger partial charge in [-0.25, -0.2) is 0 Å². The third-order valence-corrected chi connectivity index (χ3v) is 5.41. The summed E-state index contributed by atoms with van der Waals surface area (Å²) in [5.74, 6) is -0.157. The lowest BCUT2D eigenvalue weighted by atomic mass is 10.2. The van der Waals surface area contributed by atoms with Crippen LogP contribution in [-0.4, -0.2) is 21.4 Å². The Labute approximate surface area is 155 Å². The van der Waals surface area contributed by atoms with E-state index in [0.29, 0.717) is 15.9 Å². The summed E-state index contributed by atoms with van der Waals surface area (Å²) >= 11 is 3.05. The largest absolute Gasteiger partial charge is 0.296 e. The number of hydrogen-bond donors (Lipinski definition) is 1. The van der Waals surface area contributed by atoms with Crippen LogP contribution in [0, 0.1) is 6.92 Å². The van der Waals surface area contributed by atoms with Gasteiger partial charge in [0.1, 0.15) is 5.01 Å². The number of nitrogens with one attached hydrogen (secondary N) is 1. The summed E-state index contributed by atoms with van der Waals surface area (Å²) in [7, 11) is 0. The van der Waals surface area contributed by atoms with E-state index in [-0.39, 0.29) is 5.91 Å². The molecule has 0 aliphatic carbocycles. The van der Waals surface area contributed by atoms with Gasteiger partial charge in [0.15, 0.2) is 0 Å². The molecule has 1 N–H and O–H groups in total. The van der Waals surface area contributed by atoms with Gasteiger partial charge in [0.25, 0.3) is 5.91 Å².